The number of aliphatic carboxylic acids is 1. The Morgan fingerprint density at radius 3 is 2.89 bits per heavy atom. The number of hydrogen-bond acceptors (Lipinski definition) is 3. The number of aromatic hydroxyl groups is 1. The Kier molecular flexibility index (Phi) is 4.10. The molecule has 2 rings (SSSR count). The van der Waals surface area contributed by atoms with Crippen LogP contribution >= 0.6 is 0 Å². The standard InChI is InChI=1S/C15H21NO3/c1-16-8-3-2-7-15(11-16,10-14(18)19)12-5-4-6-13(17)9-12/h4-6,9,17H,2-3,7-8,10-11H2,1H3,(H,18,19). The molecule has 2 N–H and O–H groups in total. The van der Waals surface area contributed by atoms with Crippen LogP contribution in [0.3, 0.4) is 0 Å². The Labute approximate surface area is 113 Å². The molecular formula is C15H21NO3. The second-order valence-corrected chi connectivity index (χ2v) is 5.60. The number of likely N-dealkylation sites (tertiary alicyclic amines) is 1. The molecule has 4 heteroatoms. The van der Waals surface area contributed by atoms with Gasteiger partial charge in [0.05, 0.1) is 6.42 Å². The van der Waals surface area contributed by atoms with Gasteiger partial charge in [0.1, 0.15) is 5.75 Å². The van der Waals surface area contributed by atoms with Crippen LogP contribution in [0.25, 0.3) is 0 Å². The first-order chi connectivity index (χ1) is 9.02. The van der Waals surface area contributed by atoms with E-state index >= 15 is 0 Å². The van der Waals surface area contributed by atoms with Crippen LogP contribution < -0.4 is 0 Å². The normalized spacial score (nSPS) is 24.9. The van der Waals surface area contributed by atoms with Crippen LogP contribution in [0.4, 0.5) is 0 Å². The lowest BCUT2D eigenvalue weighted by atomic mass is 9.74. The van der Waals surface area contributed by atoms with E-state index in [1.54, 1.807) is 18.2 Å². The molecule has 0 aliphatic carbocycles. The van der Waals surface area contributed by atoms with Gasteiger partial charge in [-0.2, -0.15) is 0 Å². The molecule has 0 bridgehead atoms. The van der Waals surface area contributed by atoms with E-state index in [-0.39, 0.29) is 12.2 Å². The zero-order valence-corrected chi connectivity index (χ0v) is 11.3. The van der Waals surface area contributed by atoms with Gasteiger partial charge in [0.15, 0.2) is 0 Å². The second-order valence-electron chi connectivity index (χ2n) is 5.60. The predicted octanol–water partition coefficient (Wildman–Crippen LogP) is 2.22. The van der Waals surface area contributed by atoms with Crippen LogP contribution in [0.5, 0.6) is 5.75 Å². The smallest absolute Gasteiger partial charge is 0.304 e. The van der Waals surface area contributed by atoms with Crippen LogP contribution in [0.2, 0.25) is 0 Å². The number of benzene rings is 1. The van der Waals surface area contributed by atoms with E-state index in [0.717, 1.165) is 37.9 Å². The molecule has 0 aromatic heterocycles. The number of nitrogens with zero attached hydrogens (tertiary/aromatic N) is 1. The van der Waals surface area contributed by atoms with Gasteiger partial charge < -0.3 is 15.1 Å². The van der Waals surface area contributed by atoms with Crippen molar-refractivity contribution < 1.29 is 15.0 Å². The first-order valence-corrected chi connectivity index (χ1v) is 6.72. The third-order valence-electron chi connectivity index (χ3n) is 3.97. The zero-order chi connectivity index (χ0) is 13.9. The highest BCUT2D eigenvalue weighted by molar-refractivity contribution is 5.69. The Morgan fingerprint density at radius 2 is 2.21 bits per heavy atom. The monoisotopic (exact) mass is 263 g/mol. The minimum atomic E-state index is -0.779. The van der Waals surface area contributed by atoms with Gasteiger partial charge in [-0.3, -0.25) is 4.79 Å². The number of carboxylic acids is 1. The molecule has 1 heterocycles. The molecule has 1 fully saturated rings. The molecule has 0 spiro atoms. The largest absolute Gasteiger partial charge is 0.508 e. The molecule has 1 unspecified atom stereocenters. The van der Waals surface area contributed by atoms with Gasteiger partial charge in [0.25, 0.3) is 0 Å². The molecule has 1 aromatic rings. The summed E-state index contributed by atoms with van der Waals surface area (Å²) in [6, 6.07) is 7.06. The highest BCUT2D eigenvalue weighted by Gasteiger charge is 2.37. The summed E-state index contributed by atoms with van der Waals surface area (Å²) in [5.41, 5.74) is 0.541. The van der Waals surface area contributed by atoms with Crippen LogP contribution in [-0.4, -0.2) is 41.2 Å². The van der Waals surface area contributed by atoms with Crippen LogP contribution in [-0.2, 0) is 10.2 Å². The van der Waals surface area contributed by atoms with Crippen molar-refractivity contribution in [1.82, 2.24) is 4.90 Å². The highest BCUT2D eigenvalue weighted by Crippen LogP contribution is 2.37. The van der Waals surface area contributed by atoms with Crippen LogP contribution in [0, 0.1) is 0 Å². The van der Waals surface area contributed by atoms with Crippen molar-refractivity contribution in [3.8, 4) is 5.75 Å². The molecule has 0 saturated carbocycles. The molecule has 1 aliphatic rings. The maximum atomic E-state index is 11.3. The lowest BCUT2D eigenvalue weighted by molar-refractivity contribution is -0.138. The summed E-state index contributed by atoms with van der Waals surface area (Å²) >= 11 is 0. The number of phenolic OH excluding ortho intramolecular Hbond substituents is 1. The van der Waals surface area contributed by atoms with Gasteiger partial charge in [-0.05, 0) is 44.1 Å². The van der Waals surface area contributed by atoms with E-state index in [1.165, 1.54) is 0 Å². The summed E-state index contributed by atoms with van der Waals surface area (Å²) in [4.78, 5) is 13.5. The molecule has 0 amide bonds. The average Bonchev–Trinajstić information content (AvgIpc) is 2.51. The lowest BCUT2D eigenvalue weighted by Gasteiger charge is -2.34. The fourth-order valence-corrected chi connectivity index (χ4v) is 3.13. The van der Waals surface area contributed by atoms with Crippen molar-refractivity contribution >= 4 is 5.97 Å². The zero-order valence-electron chi connectivity index (χ0n) is 11.3. The van der Waals surface area contributed by atoms with Crippen molar-refractivity contribution in [3.63, 3.8) is 0 Å². The SMILES string of the molecule is CN1CCCCC(CC(=O)O)(c2cccc(O)c2)C1. The molecule has 1 aromatic carbocycles. The maximum absolute atomic E-state index is 11.3. The lowest BCUT2D eigenvalue weighted by Crippen LogP contribution is -2.39. The van der Waals surface area contributed by atoms with Gasteiger partial charge in [-0.25, -0.2) is 0 Å². The number of hydrogen-bond donors (Lipinski definition) is 2. The highest BCUT2D eigenvalue weighted by atomic mass is 16.4. The van der Waals surface area contributed by atoms with Crippen molar-refractivity contribution in [2.45, 2.75) is 31.1 Å². The molecule has 1 atom stereocenters. The van der Waals surface area contributed by atoms with E-state index in [4.69, 9.17) is 0 Å². The second kappa shape index (κ2) is 5.61. The summed E-state index contributed by atoms with van der Waals surface area (Å²) < 4.78 is 0. The van der Waals surface area contributed by atoms with Gasteiger partial charge >= 0.3 is 5.97 Å². The Balaban J connectivity index is 2.40. The van der Waals surface area contributed by atoms with Gasteiger partial charge in [0.2, 0.25) is 0 Å². The fourth-order valence-electron chi connectivity index (χ4n) is 3.13. The van der Waals surface area contributed by atoms with Crippen LogP contribution in [0.1, 0.15) is 31.2 Å². The number of likely N-dealkylation sites (N-methyl/N-ethyl adjacent to an activating group) is 1. The maximum Gasteiger partial charge on any atom is 0.304 e. The molecule has 4 nitrogen and oxygen atoms in total. The Bertz CT molecular complexity index is 460. The van der Waals surface area contributed by atoms with Crippen molar-refractivity contribution in [1.29, 1.82) is 0 Å². The number of carbonyl (C=O) groups is 1. The van der Waals surface area contributed by atoms with Crippen molar-refractivity contribution in [3.05, 3.63) is 29.8 Å². The molecule has 0 radical (unpaired) electrons. The van der Waals surface area contributed by atoms with E-state index in [9.17, 15) is 15.0 Å². The summed E-state index contributed by atoms with van der Waals surface area (Å²) in [5.74, 6) is -0.576. The van der Waals surface area contributed by atoms with E-state index < -0.39 is 11.4 Å². The summed E-state index contributed by atoms with van der Waals surface area (Å²) in [5, 5.41) is 18.9. The summed E-state index contributed by atoms with van der Waals surface area (Å²) in [7, 11) is 2.03. The third kappa shape index (κ3) is 3.26. The van der Waals surface area contributed by atoms with Gasteiger partial charge in [-0.1, -0.05) is 18.6 Å². The van der Waals surface area contributed by atoms with E-state index in [1.807, 2.05) is 13.1 Å². The van der Waals surface area contributed by atoms with E-state index in [2.05, 4.69) is 4.90 Å². The number of carboxylic acid groups (broad SMARTS) is 1. The predicted molar refractivity (Wildman–Crippen MR) is 73.4 cm³/mol. The fraction of sp³-hybridized carbons (Fsp3) is 0.533. The Morgan fingerprint density at radius 1 is 1.42 bits per heavy atom. The van der Waals surface area contributed by atoms with E-state index in [0.29, 0.717) is 0 Å². The molecule has 19 heavy (non-hydrogen) atoms. The van der Waals surface area contributed by atoms with Crippen LogP contribution in [0.15, 0.2) is 24.3 Å². The average molecular weight is 263 g/mol. The quantitative estimate of drug-likeness (QED) is 0.878. The molecule has 1 saturated heterocycles. The first-order valence-electron chi connectivity index (χ1n) is 6.72. The first kappa shape index (κ1) is 13.9. The number of rotatable bonds is 3. The summed E-state index contributed by atoms with van der Waals surface area (Å²) in [6.45, 7) is 1.73. The molecule has 1 aliphatic heterocycles. The molecular weight excluding hydrogens is 242 g/mol. The third-order valence-corrected chi connectivity index (χ3v) is 3.97. The van der Waals surface area contributed by atoms with Gasteiger partial charge in [-0.15, -0.1) is 0 Å². The van der Waals surface area contributed by atoms with Gasteiger partial charge in [0, 0.05) is 12.0 Å². The number of phenols is 1. The summed E-state index contributed by atoms with van der Waals surface area (Å²) in [6.07, 6.45) is 3.08. The molecule has 104 valence electrons. The van der Waals surface area contributed by atoms with Crippen molar-refractivity contribution in [2.24, 2.45) is 0 Å². The minimum absolute atomic E-state index is 0.112. The minimum Gasteiger partial charge on any atom is -0.508 e. The Hall–Kier alpha value is -1.55. The topological polar surface area (TPSA) is 60.8 Å². The van der Waals surface area contributed by atoms with Crippen molar-refractivity contribution in [2.75, 3.05) is 20.1 Å².